The van der Waals surface area contributed by atoms with Gasteiger partial charge in [-0.3, -0.25) is 9.59 Å². The first-order chi connectivity index (χ1) is 8.61. The summed E-state index contributed by atoms with van der Waals surface area (Å²) < 4.78 is 4.86. The molecule has 8 heteroatoms. The lowest BCUT2D eigenvalue weighted by Gasteiger charge is -2.04. The molecule has 0 unspecified atom stereocenters. The molecule has 0 atom stereocenters. The van der Waals surface area contributed by atoms with Gasteiger partial charge in [0.2, 0.25) is 5.91 Å². The number of aromatic nitrogens is 2. The van der Waals surface area contributed by atoms with E-state index >= 15 is 0 Å². The molecule has 0 aliphatic heterocycles. The van der Waals surface area contributed by atoms with Crippen LogP contribution in [0.4, 0.5) is 5.82 Å². The van der Waals surface area contributed by atoms with Gasteiger partial charge in [0.1, 0.15) is 5.82 Å². The summed E-state index contributed by atoms with van der Waals surface area (Å²) in [5, 5.41) is 3.07. The molecule has 1 rings (SSSR count). The third-order valence-electron chi connectivity index (χ3n) is 1.93. The minimum absolute atomic E-state index is 0.124. The van der Waals surface area contributed by atoms with Crippen LogP contribution in [0.2, 0.25) is 0 Å². The smallest absolute Gasteiger partial charge is 0.253 e. The Labute approximate surface area is 109 Å². The van der Waals surface area contributed by atoms with Crippen molar-refractivity contribution in [1.29, 1.82) is 0 Å². The third kappa shape index (κ3) is 5.69. The Bertz CT molecular complexity index is 449. The predicted octanol–water partition coefficient (Wildman–Crippen LogP) is -0.403. The number of ether oxygens (including phenoxy) is 1. The van der Waals surface area contributed by atoms with Gasteiger partial charge in [-0.25, -0.2) is 4.98 Å². The topological polar surface area (TPSA) is 110 Å². The summed E-state index contributed by atoms with van der Waals surface area (Å²) in [6.07, 6.45) is 0.764. The van der Waals surface area contributed by atoms with Crippen LogP contribution >= 0.6 is 11.8 Å². The molecular weight excluding hydrogens is 256 g/mol. The SMILES string of the molecule is COCCCNC(=O)CSc1nc(N)cc(=O)[nH]1. The Morgan fingerprint density at radius 2 is 2.44 bits per heavy atom. The number of nitrogens with one attached hydrogen (secondary N) is 2. The number of amides is 1. The Morgan fingerprint density at radius 1 is 1.67 bits per heavy atom. The van der Waals surface area contributed by atoms with Gasteiger partial charge >= 0.3 is 0 Å². The number of H-pyrrole nitrogens is 1. The molecule has 0 aromatic carbocycles. The van der Waals surface area contributed by atoms with Crippen molar-refractivity contribution < 1.29 is 9.53 Å². The predicted molar refractivity (Wildman–Crippen MR) is 69.5 cm³/mol. The number of thioether (sulfide) groups is 1. The summed E-state index contributed by atoms with van der Waals surface area (Å²) in [5.74, 6) is 0.197. The molecule has 0 aliphatic carbocycles. The van der Waals surface area contributed by atoms with Crippen LogP contribution in [-0.4, -0.2) is 41.9 Å². The molecule has 0 fully saturated rings. The first kappa shape index (κ1) is 14.5. The van der Waals surface area contributed by atoms with E-state index in [4.69, 9.17) is 10.5 Å². The first-order valence-corrected chi connectivity index (χ1v) is 6.35. The number of methoxy groups -OCH3 is 1. The number of carbonyl (C=O) groups is 1. The van der Waals surface area contributed by atoms with E-state index in [2.05, 4.69) is 15.3 Å². The molecule has 0 bridgehead atoms. The summed E-state index contributed by atoms with van der Waals surface area (Å²) >= 11 is 1.13. The molecule has 1 heterocycles. The Kier molecular flexibility index (Phi) is 6.23. The van der Waals surface area contributed by atoms with Crippen LogP contribution in [0.5, 0.6) is 0 Å². The van der Waals surface area contributed by atoms with Gasteiger partial charge in [-0.2, -0.15) is 0 Å². The second kappa shape index (κ2) is 7.72. The molecule has 1 amide bonds. The average molecular weight is 272 g/mol. The fourth-order valence-electron chi connectivity index (χ4n) is 1.15. The number of aromatic amines is 1. The Morgan fingerprint density at radius 3 is 3.11 bits per heavy atom. The summed E-state index contributed by atoms with van der Waals surface area (Å²) in [6, 6.07) is 1.19. The molecule has 0 spiro atoms. The van der Waals surface area contributed by atoms with Crippen LogP contribution in [0.25, 0.3) is 0 Å². The second-order valence-corrected chi connectivity index (χ2v) is 4.42. The Balaban J connectivity index is 2.31. The molecule has 1 aromatic heterocycles. The van der Waals surface area contributed by atoms with Crippen LogP contribution in [0.15, 0.2) is 16.0 Å². The monoisotopic (exact) mass is 272 g/mol. The highest BCUT2D eigenvalue weighted by Crippen LogP contribution is 2.10. The normalized spacial score (nSPS) is 10.3. The van der Waals surface area contributed by atoms with E-state index in [0.29, 0.717) is 18.3 Å². The average Bonchev–Trinajstić information content (AvgIpc) is 2.31. The number of hydrogen-bond acceptors (Lipinski definition) is 6. The van der Waals surface area contributed by atoms with E-state index in [1.807, 2.05) is 0 Å². The van der Waals surface area contributed by atoms with Crippen LogP contribution < -0.4 is 16.6 Å². The van der Waals surface area contributed by atoms with Gasteiger partial charge < -0.3 is 20.8 Å². The summed E-state index contributed by atoms with van der Waals surface area (Å²) in [5.41, 5.74) is 5.09. The van der Waals surface area contributed by atoms with Gasteiger partial charge in [0.15, 0.2) is 5.16 Å². The number of rotatable bonds is 7. The van der Waals surface area contributed by atoms with Crippen molar-refractivity contribution in [3.63, 3.8) is 0 Å². The summed E-state index contributed by atoms with van der Waals surface area (Å²) in [4.78, 5) is 28.9. The quantitative estimate of drug-likeness (QED) is 0.354. The molecule has 0 saturated carbocycles. The molecule has 0 radical (unpaired) electrons. The van der Waals surface area contributed by atoms with Gasteiger partial charge in [0.25, 0.3) is 5.56 Å². The lowest BCUT2D eigenvalue weighted by Crippen LogP contribution is -2.27. The number of hydrogen-bond donors (Lipinski definition) is 3. The van der Waals surface area contributed by atoms with Crippen molar-refractivity contribution in [3.8, 4) is 0 Å². The van der Waals surface area contributed by atoms with Crippen LogP contribution in [-0.2, 0) is 9.53 Å². The van der Waals surface area contributed by atoms with Gasteiger partial charge in [-0.1, -0.05) is 11.8 Å². The first-order valence-electron chi connectivity index (χ1n) is 5.37. The third-order valence-corrected chi connectivity index (χ3v) is 2.80. The van der Waals surface area contributed by atoms with Gasteiger partial charge in [0.05, 0.1) is 5.75 Å². The van der Waals surface area contributed by atoms with Crippen molar-refractivity contribution in [3.05, 3.63) is 16.4 Å². The van der Waals surface area contributed by atoms with E-state index in [-0.39, 0.29) is 23.0 Å². The lowest BCUT2D eigenvalue weighted by atomic mass is 10.4. The van der Waals surface area contributed by atoms with E-state index in [0.717, 1.165) is 18.2 Å². The zero-order chi connectivity index (χ0) is 13.4. The maximum Gasteiger partial charge on any atom is 0.253 e. The molecule has 1 aromatic rings. The lowest BCUT2D eigenvalue weighted by molar-refractivity contribution is -0.118. The molecular formula is C10H16N4O3S. The van der Waals surface area contributed by atoms with Crippen molar-refractivity contribution in [1.82, 2.24) is 15.3 Å². The molecule has 4 N–H and O–H groups in total. The fraction of sp³-hybridized carbons (Fsp3) is 0.500. The van der Waals surface area contributed by atoms with Crippen LogP contribution in [0.3, 0.4) is 0 Å². The van der Waals surface area contributed by atoms with Gasteiger partial charge in [-0.05, 0) is 6.42 Å². The molecule has 7 nitrogen and oxygen atoms in total. The summed E-state index contributed by atoms with van der Waals surface area (Å²) in [7, 11) is 1.61. The highest BCUT2D eigenvalue weighted by molar-refractivity contribution is 7.99. The van der Waals surface area contributed by atoms with E-state index in [1.165, 1.54) is 6.07 Å². The zero-order valence-corrected chi connectivity index (χ0v) is 10.9. The number of nitrogen functional groups attached to an aromatic ring is 1. The number of nitrogens with zero attached hydrogens (tertiary/aromatic N) is 1. The molecule has 0 aliphatic rings. The number of carbonyl (C=O) groups excluding carboxylic acids is 1. The summed E-state index contributed by atoms with van der Waals surface area (Å²) in [6.45, 7) is 1.17. The van der Waals surface area contributed by atoms with E-state index in [9.17, 15) is 9.59 Å². The van der Waals surface area contributed by atoms with E-state index < -0.39 is 0 Å². The highest BCUT2D eigenvalue weighted by atomic mass is 32.2. The molecule has 100 valence electrons. The minimum Gasteiger partial charge on any atom is -0.385 e. The molecule has 0 saturated heterocycles. The van der Waals surface area contributed by atoms with Crippen molar-refractivity contribution in [2.75, 3.05) is 31.7 Å². The van der Waals surface area contributed by atoms with Crippen LogP contribution in [0, 0.1) is 0 Å². The van der Waals surface area contributed by atoms with Crippen molar-refractivity contribution in [2.24, 2.45) is 0 Å². The Hall–Kier alpha value is -1.54. The maximum atomic E-state index is 11.4. The van der Waals surface area contributed by atoms with Crippen molar-refractivity contribution >= 4 is 23.5 Å². The maximum absolute atomic E-state index is 11.4. The standard InChI is InChI=1S/C10H16N4O3S/c1-17-4-2-3-12-9(16)6-18-10-13-7(11)5-8(15)14-10/h5H,2-4,6H2,1H3,(H,12,16)(H3,11,13,14,15). The highest BCUT2D eigenvalue weighted by Gasteiger charge is 2.04. The second-order valence-electron chi connectivity index (χ2n) is 3.46. The van der Waals surface area contributed by atoms with Crippen molar-refractivity contribution in [2.45, 2.75) is 11.6 Å². The van der Waals surface area contributed by atoms with Gasteiger partial charge in [-0.15, -0.1) is 0 Å². The van der Waals surface area contributed by atoms with E-state index in [1.54, 1.807) is 7.11 Å². The number of anilines is 1. The fourth-order valence-corrected chi connectivity index (χ4v) is 1.86. The van der Waals surface area contributed by atoms with Crippen LogP contribution in [0.1, 0.15) is 6.42 Å². The van der Waals surface area contributed by atoms with Gasteiger partial charge in [0, 0.05) is 26.3 Å². The largest absolute Gasteiger partial charge is 0.385 e. The minimum atomic E-state index is -0.328. The molecule has 18 heavy (non-hydrogen) atoms. The number of nitrogens with two attached hydrogens (primary N) is 1. The zero-order valence-electron chi connectivity index (χ0n) is 10.1.